The Morgan fingerprint density at radius 1 is 1.00 bits per heavy atom. The van der Waals surface area contributed by atoms with Crippen molar-refractivity contribution >= 4 is 33.1 Å². The summed E-state index contributed by atoms with van der Waals surface area (Å²) in [4.78, 5) is 34.9. The number of H-pyrrole nitrogens is 1. The van der Waals surface area contributed by atoms with Crippen LogP contribution in [-0.2, 0) is 17.6 Å². The summed E-state index contributed by atoms with van der Waals surface area (Å²) in [5, 5.41) is 3.56. The molecule has 0 saturated heterocycles. The lowest BCUT2D eigenvalue weighted by Gasteiger charge is -2.09. The molecular formula is C26H25N3O3S. The van der Waals surface area contributed by atoms with E-state index in [9.17, 15) is 9.59 Å². The topological polar surface area (TPSA) is 84.1 Å². The molecule has 0 radical (unpaired) electrons. The molecule has 1 amide bonds. The summed E-state index contributed by atoms with van der Waals surface area (Å²) >= 11 is 1.66. The van der Waals surface area contributed by atoms with Crippen molar-refractivity contribution in [1.82, 2.24) is 9.97 Å². The summed E-state index contributed by atoms with van der Waals surface area (Å²) in [6, 6.07) is 16.5. The Balaban J connectivity index is 1.31. The van der Waals surface area contributed by atoms with Gasteiger partial charge in [0.1, 0.15) is 16.4 Å². The first-order valence-corrected chi connectivity index (χ1v) is 12.1. The first-order valence-electron chi connectivity index (χ1n) is 11.3. The Labute approximate surface area is 195 Å². The number of fused-ring (bicyclic) bond motifs is 3. The smallest absolute Gasteiger partial charge is 0.262 e. The van der Waals surface area contributed by atoms with Crippen LogP contribution in [0.3, 0.4) is 0 Å². The maximum absolute atomic E-state index is 12.9. The molecule has 0 atom stereocenters. The van der Waals surface area contributed by atoms with Gasteiger partial charge in [-0.2, -0.15) is 0 Å². The fourth-order valence-corrected chi connectivity index (χ4v) is 5.49. The van der Waals surface area contributed by atoms with Gasteiger partial charge in [0.2, 0.25) is 0 Å². The molecule has 0 aliphatic heterocycles. The van der Waals surface area contributed by atoms with Crippen molar-refractivity contribution in [2.45, 2.75) is 38.5 Å². The number of anilines is 1. The SMILES string of the molecule is O=C(COc1ccc(-c2nc3sc4c(c3c(=O)[nH]2)CCCCCC4)cc1)Nc1ccccc1. The Morgan fingerprint density at radius 3 is 2.55 bits per heavy atom. The van der Waals surface area contributed by atoms with Gasteiger partial charge in [-0.25, -0.2) is 4.98 Å². The van der Waals surface area contributed by atoms with Gasteiger partial charge in [-0.1, -0.05) is 31.0 Å². The van der Waals surface area contributed by atoms with Gasteiger partial charge in [-0.05, 0) is 67.6 Å². The molecule has 0 bridgehead atoms. The summed E-state index contributed by atoms with van der Waals surface area (Å²) in [7, 11) is 0. The van der Waals surface area contributed by atoms with E-state index in [4.69, 9.17) is 9.72 Å². The minimum atomic E-state index is -0.227. The number of hydrogen-bond acceptors (Lipinski definition) is 5. The van der Waals surface area contributed by atoms with Gasteiger partial charge in [-0.15, -0.1) is 11.3 Å². The van der Waals surface area contributed by atoms with Gasteiger partial charge in [-0.3, -0.25) is 9.59 Å². The maximum atomic E-state index is 12.9. The normalized spacial score (nSPS) is 13.7. The monoisotopic (exact) mass is 459 g/mol. The van der Waals surface area contributed by atoms with Crippen LogP contribution in [0.15, 0.2) is 59.4 Å². The predicted octanol–water partition coefficient (Wildman–Crippen LogP) is 5.33. The lowest BCUT2D eigenvalue weighted by Crippen LogP contribution is -2.20. The summed E-state index contributed by atoms with van der Waals surface area (Å²) in [5.41, 5.74) is 2.67. The molecule has 4 aromatic rings. The van der Waals surface area contributed by atoms with Gasteiger partial charge < -0.3 is 15.0 Å². The molecule has 0 spiro atoms. The minimum absolute atomic E-state index is 0.0639. The molecule has 2 aromatic carbocycles. The van der Waals surface area contributed by atoms with Crippen LogP contribution in [-0.4, -0.2) is 22.5 Å². The highest BCUT2D eigenvalue weighted by molar-refractivity contribution is 7.18. The van der Waals surface area contributed by atoms with Crippen molar-refractivity contribution in [3.8, 4) is 17.1 Å². The van der Waals surface area contributed by atoms with Crippen molar-refractivity contribution < 1.29 is 9.53 Å². The zero-order valence-corrected chi connectivity index (χ0v) is 19.0. The zero-order chi connectivity index (χ0) is 22.6. The van der Waals surface area contributed by atoms with E-state index >= 15 is 0 Å². The predicted molar refractivity (Wildman–Crippen MR) is 132 cm³/mol. The Hall–Kier alpha value is -3.45. The van der Waals surface area contributed by atoms with Crippen LogP contribution >= 0.6 is 11.3 Å². The molecule has 5 rings (SSSR count). The van der Waals surface area contributed by atoms with E-state index in [1.165, 1.54) is 29.7 Å². The highest BCUT2D eigenvalue weighted by Crippen LogP contribution is 2.33. The van der Waals surface area contributed by atoms with Gasteiger partial charge in [0.15, 0.2) is 6.61 Å². The lowest BCUT2D eigenvalue weighted by molar-refractivity contribution is -0.118. The first-order chi connectivity index (χ1) is 16.2. The molecule has 1 aliphatic carbocycles. The number of thiophene rings is 1. The third-order valence-corrected chi connectivity index (χ3v) is 7.07. The largest absolute Gasteiger partial charge is 0.484 e. The van der Waals surface area contributed by atoms with E-state index in [-0.39, 0.29) is 18.1 Å². The highest BCUT2D eigenvalue weighted by Gasteiger charge is 2.18. The standard InChI is InChI=1S/C26H25N3O3S/c30-22(27-18-8-4-3-5-9-18)16-32-19-14-12-17(13-15-19)24-28-25(31)23-20-10-6-1-2-7-11-21(20)33-26(23)29-24/h3-5,8-9,12-15H,1-2,6-7,10-11,16H2,(H,27,30)(H,28,29,31). The summed E-state index contributed by atoms with van der Waals surface area (Å²) < 4.78 is 5.60. The number of amides is 1. The highest BCUT2D eigenvalue weighted by atomic mass is 32.1. The Kier molecular flexibility index (Phi) is 6.21. The van der Waals surface area contributed by atoms with E-state index in [0.717, 1.165) is 40.7 Å². The molecule has 33 heavy (non-hydrogen) atoms. The molecule has 168 valence electrons. The van der Waals surface area contributed by atoms with Gasteiger partial charge >= 0.3 is 0 Å². The molecule has 2 aromatic heterocycles. The number of para-hydroxylation sites is 1. The summed E-state index contributed by atoms with van der Waals surface area (Å²) in [5.74, 6) is 0.898. The fourth-order valence-electron chi connectivity index (χ4n) is 4.23. The summed E-state index contributed by atoms with van der Waals surface area (Å²) in [6.07, 6.45) is 6.78. The molecular weight excluding hydrogens is 434 g/mol. The summed E-state index contributed by atoms with van der Waals surface area (Å²) in [6.45, 7) is -0.0873. The van der Waals surface area contributed by atoms with Gasteiger partial charge in [0.05, 0.1) is 5.39 Å². The molecule has 2 heterocycles. The van der Waals surface area contributed by atoms with E-state index in [1.54, 1.807) is 23.5 Å². The van der Waals surface area contributed by atoms with Crippen LogP contribution in [0.5, 0.6) is 5.75 Å². The molecule has 0 unspecified atom stereocenters. The van der Waals surface area contributed by atoms with Crippen LogP contribution < -0.4 is 15.6 Å². The molecule has 2 N–H and O–H groups in total. The van der Waals surface area contributed by atoms with Crippen LogP contribution in [0.4, 0.5) is 5.69 Å². The number of ether oxygens (including phenoxy) is 1. The quantitative estimate of drug-likeness (QED) is 0.423. The third-order valence-electron chi connectivity index (χ3n) is 5.88. The average Bonchev–Trinajstić information content (AvgIpc) is 3.15. The number of aromatic nitrogens is 2. The Morgan fingerprint density at radius 2 is 1.76 bits per heavy atom. The number of hydrogen-bond donors (Lipinski definition) is 2. The number of nitrogens with zero attached hydrogens (tertiary/aromatic N) is 1. The maximum Gasteiger partial charge on any atom is 0.262 e. The van der Waals surface area contributed by atoms with Gasteiger partial charge in [0, 0.05) is 16.1 Å². The molecule has 1 aliphatic rings. The van der Waals surface area contributed by atoms with Crippen LogP contribution in [0.2, 0.25) is 0 Å². The number of carbonyl (C=O) groups is 1. The number of carbonyl (C=O) groups excluding carboxylic acids is 1. The van der Waals surface area contributed by atoms with Crippen LogP contribution in [0.1, 0.15) is 36.1 Å². The lowest BCUT2D eigenvalue weighted by atomic mass is 9.98. The van der Waals surface area contributed by atoms with E-state index in [2.05, 4.69) is 10.3 Å². The fraction of sp³-hybridized carbons (Fsp3) is 0.269. The average molecular weight is 460 g/mol. The van der Waals surface area contributed by atoms with Gasteiger partial charge in [0.25, 0.3) is 11.5 Å². The molecule has 7 heteroatoms. The number of benzene rings is 2. The molecule has 6 nitrogen and oxygen atoms in total. The molecule has 0 saturated carbocycles. The second-order valence-corrected chi connectivity index (χ2v) is 9.32. The minimum Gasteiger partial charge on any atom is -0.484 e. The van der Waals surface area contributed by atoms with E-state index in [1.807, 2.05) is 42.5 Å². The van der Waals surface area contributed by atoms with E-state index in [0.29, 0.717) is 11.6 Å². The number of aromatic amines is 1. The second-order valence-electron chi connectivity index (χ2n) is 8.24. The van der Waals surface area contributed by atoms with Crippen molar-refractivity contribution in [3.05, 3.63) is 75.4 Å². The number of aryl methyl sites for hydroxylation is 2. The second kappa shape index (κ2) is 9.58. The van der Waals surface area contributed by atoms with Crippen LogP contribution in [0, 0.1) is 0 Å². The van der Waals surface area contributed by atoms with Crippen molar-refractivity contribution in [3.63, 3.8) is 0 Å². The molecule has 0 fully saturated rings. The van der Waals surface area contributed by atoms with E-state index < -0.39 is 0 Å². The number of rotatable bonds is 5. The third kappa shape index (κ3) is 4.83. The van der Waals surface area contributed by atoms with Crippen molar-refractivity contribution in [2.24, 2.45) is 0 Å². The zero-order valence-electron chi connectivity index (χ0n) is 18.2. The van der Waals surface area contributed by atoms with Crippen LogP contribution in [0.25, 0.3) is 21.6 Å². The Bertz CT molecular complexity index is 1330. The first kappa shape index (κ1) is 21.4. The van der Waals surface area contributed by atoms with Crippen molar-refractivity contribution in [2.75, 3.05) is 11.9 Å². The van der Waals surface area contributed by atoms with Crippen molar-refractivity contribution in [1.29, 1.82) is 0 Å². The number of nitrogens with one attached hydrogen (secondary N) is 2.